The van der Waals surface area contributed by atoms with Gasteiger partial charge in [-0.05, 0) is 66.1 Å². The van der Waals surface area contributed by atoms with Gasteiger partial charge >= 0.3 is 0 Å². The standard InChI is InChI=1S/C17H25BrN2O/c1-3-4-5-13-6-8-14(9-7-13)17(21)20-16-10-12(2)15(18)11-19-16/h10-11,13-14H,3-9H2,1-2H3,(H,19,20,21). The summed E-state index contributed by atoms with van der Waals surface area (Å²) in [5.74, 6) is 1.79. The molecule has 1 saturated carbocycles. The molecule has 21 heavy (non-hydrogen) atoms. The predicted molar refractivity (Wildman–Crippen MR) is 90.3 cm³/mol. The van der Waals surface area contributed by atoms with Crippen molar-refractivity contribution in [3.63, 3.8) is 0 Å². The van der Waals surface area contributed by atoms with E-state index in [0.29, 0.717) is 5.82 Å². The number of amides is 1. The van der Waals surface area contributed by atoms with Crippen molar-refractivity contribution in [1.82, 2.24) is 4.98 Å². The number of carbonyl (C=O) groups is 1. The van der Waals surface area contributed by atoms with Crippen LogP contribution < -0.4 is 5.32 Å². The number of hydrogen-bond donors (Lipinski definition) is 1. The molecule has 0 atom stereocenters. The van der Waals surface area contributed by atoms with Crippen molar-refractivity contribution in [3.05, 3.63) is 22.3 Å². The highest BCUT2D eigenvalue weighted by molar-refractivity contribution is 9.10. The van der Waals surface area contributed by atoms with Crippen molar-refractivity contribution in [2.75, 3.05) is 5.32 Å². The molecule has 0 spiro atoms. The number of aromatic nitrogens is 1. The molecule has 1 fully saturated rings. The van der Waals surface area contributed by atoms with Gasteiger partial charge in [0.05, 0.1) is 0 Å². The van der Waals surface area contributed by atoms with E-state index in [9.17, 15) is 4.79 Å². The summed E-state index contributed by atoms with van der Waals surface area (Å²) in [4.78, 5) is 16.6. The average molecular weight is 353 g/mol. The lowest BCUT2D eigenvalue weighted by Gasteiger charge is -2.27. The fraction of sp³-hybridized carbons (Fsp3) is 0.647. The summed E-state index contributed by atoms with van der Waals surface area (Å²) >= 11 is 3.42. The first kappa shape index (κ1) is 16.5. The van der Waals surface area contributed by atoms with Crippen LogP contribution in [0.3, 0.4) is 0 Å². The summed E-state index contributed by atoms with van der Waals surface area (Å²) < 4.78 is 0.969. The van der Waals surface area contributed by atoms with E-state index >= 15 is 0 Å². The zero-order chi connectivity index (χ0) is 15.2. The molecule has 0 unspecified atom stereocenters. The number of hydrogen-bond acceptors (Lipinski definition) is 2. The molecular weight excluding hydrogens is 328 g/mol. The van der Waals surface area contributed by atoms with Gasteiger partial charge in [-0.15, -0.1) is 0 Å². The summed E-state index contributed by atoms with van der Waals surface area (Å²) in [6.07, 6.45) is 10.1. The maximum absolute atomic E-state index is 12.3. The molecule has 1 aromatic rings. The van der Waals surface area contributed by atoms with Crippen LogP contribution in [0, 0.1) is 18.8 Å². The van der Waals surface area contributed by atoms with Crippen molar-refractivity contribution >= 4 is 27.7 Å². The minimum atomic E-state index is 0.137. The van der Waals surface area contributed by atoms with Crippen molar-refractivity contribution < 1.29 is 4.79 Å². The highest BCUT2D eigenvalue weighted by Gasteiger charge is 2.26. The molecule has 1 N–H and O–H groups in total. The monoisotopic (exact) mass is 352 g/mol. The number of pyridine rings is 1. The predicted octanol–water partition coefficient (Wildman–Crippen LogP) is 5.09. The Kier molecular flexibility index (Phi) is 6.22. The first-order chi connectivity index (χ1) is 10.1. The number of anilines is 1. The number of nitrogens with one attached hydrogen (secondary N) is 1. The Morgan fingerprint density at radius 2 is 2.10 bits per heavy atom. The van der Waals surface area contributed by atoms with E-state index in [1.165, 1.54) is 32.1 Å². The SMILES string of the molecule is CCCCC1CCC(C(=O)Nc2cc(C)c(Br)cn2)CC1. The van der Waals surface area contributed by atoms with Crippen molar-refractivity contribution in [2.45, 2.75) is 58.8 Å². The zero-order valence-electron chi connectivity index (χ0n) is 13.0. The lowest BCUT2D eigenvalue weighted by atomic mass is 9.79. The van der Waals surface area contributed by atoms with Gasteiger partial charge in [-0.3, -0.25) is 4.79 Å². The molecule has 0 radical (unpaired) electrons. The van der Waals surface area contributed by atoms with E-state index in [1.54, 1.807) is 6.20 Å². The van der Waals surface area contributed by atoms with E-state index in [-0.39, 0.29) is 11.8 Å². The normalized spacial score (nSPS) is 22.0. The minimum absolute atomic E-state index is 0.137. The molecule has 1 amide bonds. The van der Waals surface area contributed by atoms with E-state index in [2.05, 4.69) is 33.2 Å². The summed E-state index contributed by atoms with van der Waals surface area (Å²) in [6.45, 7) is 4.24. The molecule has 0 saturated heterocycles. The van der Waals surface area contributed by atoms with Crippen LogP contribution in [0.1, 0.15) is 57.4 Å². The third kappa shape index (κ3) is 4.80. The Balaban J connectivity index is 1.83. The van der Waals surface area contributed by atoms with Gasteiger partial charge in [-0.25, -0.2) is 4.98 Å². The Morgan fingerprint density at radius 3 is 2.71 bits per heavy atom. The summed E-state index contributed by atoms with van der Waals surface area (Å²) in [5, 5.41) is 2.97. The Bertz CT molecular complexity index is 482. The van der Waals surface area contributed by atoms with Crippen LogP contribution in [-0.4, -0.2) is 10.9 Å². The maximum Gasteiger partial charge on any atom is 0.228 e. The minimum Gasteiger partial charge on any atom is -0.310 e. The topological polar surface area (TPSA) is 42.0 Å². The van der Waals surface area contributed by atoms with Crippen LogP contribution in [0.2, 0.25) is 0 Å². The number of halogens is 1. The Labute approximate surface area is 136 Å². The smallest absolute Gasteiger partial charge is 0.228 e. The zero-order valence-corrected chi connectivity index (χ0v) is 14.6. The fourth-order valence-electron chi connectivity index (χ4n) is 3.04. The molecule has 2 rings (SSSR count). The number of nitrogens with zero attached hydrogens (tertiary/aromatic N) is 1. The van der Waals surface area contributed by atoms with Crippen molar-refractivity contribution in [1.29, 1.82) is 0 Å². The Morgan fingerprint density at radius 1 is 1.38 bits per heavy atom. The molecule has 116 valence electrons. The molecule has 1 aliphatic carbocycles. The number of carbonyl (C=O) groups excluding carboxylic acids is 1. The van der Waals surface area contributed by atoms with Gasteiger partial charge in [0.1, 0.15) is 5.82 Å². The third-order valence-corrected chi connectivity index (χ3v) is 5.31. The van der Waals surface area contributed by atoms with Crippen LogP contribution in [0.15, 0.2) is 16.7 Å². The summed E-state index contributed by atoms with van der Waals surface area (Å²) in [5.41, 5.74) is 1.09. The van der Waals surface area contributed by atoms with Gasteiger partial charge in [-0.2, -0.15) is 0 Å². The molecule has 0 aromatic carbocycles. The second kappa shape index (κ2) is 7.92. The van der Waals surface area contributed by atoms with Gasteiger partial charge in [0, 0.05) is 16.6 Å². The van der Waals surface area contributed by atoms with Crippen LogP contribution in [-0.2, 0) is 4.79 Å². The van der Waals surface area contributed by atoms with Crippen molar-refractivity contribution in [2.24, 2.45) is 11.8 Å². The van der Waals surface area contributed by atoms with Crippen LogP contribution in [0.5, 0.6) is 0 Å². The molecule has 0 aliphatic heterocycles. The van der Waals surface area contributed by atoms with Gasteiger partial charge in [0.15, 0.2) is 0 Å². The number of aryl methyl sites for hydroxylation is 1. The highest BCUT2D eigenvalue weighted by atomic mass is 79.9. The number of unbranched alkanes of at least 4 members (excludes halogenated alkanes) is 1. The van der Waals surface area contributed by atoms with Gasteiger partial charge in [0.2, 0.25) is 5.91 Å². The fourth-order valence-corrected chi connectivity index (χ4v) is 3.26. The number of rotatable bonds is 5. The largest absolute Gasteiger partial charge is 0.310 e. The van der Waals surface area contributed by atoms with E-state index < -0.39 is 0 Å². The Hall–Kier alpha value is -0.900. The molecule has 4 heteroatoms. The molecule has 1 aromatic heterocycles. The second-order valence-corrected chi connectivity index (χ2v) is 7.02. The lowest BCUT2D eigenvalue weighted by Crippen LogP contribution is -2.27. The lowest BCUT2D eigenvalue weighted by molar-refractivity contribution is -0.121. The molecule has 1 heterocycles. The van der Waals surface area contributed by atoms with Gasteiger partial charge in [0.25, 0.3) is 0 Å². The summed E-state index contributed by atoms with van der Waals surface area (Å²) in [6, 6.07) is 1.91. The molecular formula is C17H25BrN2O. The second-order valence-electron chi connectivity index (χ2n) is 6.17. The quantitative estimate of drug-likeness (QED) is 0.801. The first-order valence-electron chi connectivity index (χ1n) is 8.03. The van der Waals surface area contributed by atoms with Crippen LogP contribution in [0.4, 0.5) is 5.82 Å². The van der Waals surface area contributed by atoms with E-state index in [1.807, 2.05) is 13.0 Å². The van der Waals surface area contributed by atoms with Gasteiger partial charge in [-0.1, -0.05) is 26.2 Å². The molecule has 1 aliphatic rings. The summed E-state index contributed by atoms with van der Waals surface area (Å²) in [7, 11) is 0. The molecule has 0 bridgehead atoms. The van der Waals surface area contributed by atoms with Crippen LogP contribution >= 0.6 is 15.9 Å². The maximum atomic E-state index is 12.3. The molecule has 3 nitrogen and oxygen atoms in total. The average Bonchev–Trinajstić information content (AvgIpc) is 2.49. The first-order valence-corrected chi connectivity index (χ1v) is 8.82. The van der Waals surface area contributed by atoms with E-state index in [4.69, 9.17) is 0 Å². The van der Waals surface area contributed by atoms with Crippen LogP contribution in [0.25, 0.3) is 0 Å². The third-order valence-electron chi connectivity index (χ3n) is 4.48. The van der Waals surface area contributed by atoms with Crippen molar-refractivity contribution in [3.8, 4) is 0 Å². The van der Waals surface area contributed by atoms with E-state index in [0.717, 1.165) is 28.8 Å². The highest BCUT2D eigenvalue weighted by Crippen LogP contribution is 2.32. The van der Waals surface area contributed by atoms with Gasteiger partial charge < -0.3 is 5.32 Å².